The number of ether oxygens (including phenoxy) is 1. The Morgan fingerprint density at radius 2 is 1.85 bits per heavy atom. The maximum Gasteiger partial charge on any atom is 0.329 e. The zero-order valence-electron chi connectivity index (χ0n) is 15.9. The van der Waals surface area contributed by atoms with Crippen LogP contribution in [0.4, 0.5) is 0 Å². The van der Waals surface area contributed by atoms with E-state index in [-0.39, 0.29) is 29.8 Å². The number of carbonyl (C=O) groups is 2. The van der Waals surface area contributed by atoms with Gasteiger partial charge in [-0.1, -0.05) is 5.16 Å². The Kier molecular flexibility index (Phi) is 4.02. The van der Waals surface area contributed by atoms with Crippen molar-refractivity contribution < 1.29 is 18.8 Å². The molecule has 0 radical (unpaired) electrons. The molecule has 5 fully saturated rings. The van der Waals surface area contributed by atoms with E-state index in [0.29, 0.717) is 36.5 Å². The van der Waals surface area contributed by atoms with Crippen molar-refractivity contribution in [2.24, 2.45) is 23.2 Å². The van der Waals surface area contributed by atoms with E-state index >= 15 is 0 Å². The fourth-order valence-electron chi connectivity index (χ4n) is 6.56. The summed E-state index contributed by atoms with van der Waals surface area (Å²) in [5.74, 6) is 2.83. The third-order valence-electron chi connectivity index (χ3n) is 7.19. The van der Waals surface area contributed by atoms with Gasteiger partial charge in [0.25, 0.3) is 5.89 Å². The van der Waals surface area contributed by atoms with Crippen molar-refractivity contribution in [2.75, 3.05) is 6.54 Å². The van der Waals surface area contributed by atoms with Gasteiger partial charge in [-0.15, -0.1) is 0 Å². The summed E-state index contributed by atoms with van der Waals surface area (Å²) in [5.41, 5.74) is -0.207. The zero-order chi connectivity index (χ0) is 18.6. The summed E-state index contributed by atoms with van der Waals surface area (Å²) in [4.78, 5) is 32.1. The molecule has 1 aliphatic heterocycles. The molecule has 4 saturated carbocycles. The topological polar surface area (TPSA) is 85.5 Å². The van der Waals surface area contributed by atoms with Gasteiger partial charge in [-0.3, -0.25) is 4.79 Å². The number of rotatable bonds is 4. The highest BCUT2D eigenvalue weighted by Gasteiger charge is 2.56. The number of aromatic nitrogens is 2. The number of likely N-dealkylation sites (tertiary alicyclic amines) is 1. The molecule has 5 aliphatic rings. The highest BCUT2D eigenvalue weighted by Crippen LogP contribution is 2.60. The Morgan fingerprint density at radius 3 is 2.44 bits per heavy atom. The van der Waals surface area contributed by atoms with Gasteiger partial charge in [0.05, 0.1) is 5.41 Å². The molecular weight excluding hydrogens is 346 g/mol. The normalized spacial score (nSPS) is 37.0. The smallest absolute Gasteiger partial charge is 0.329 e. The fraction of sp³-hybridized carbons (Fsp3) is 0.800. The summed E-state index contributed by atoms with van der Waals surface area (Å²) in [6.45, 7) is 2.35. The average Bonchev–Trinajstić information content (AvgIpc) is 3.27. The van der Waals surface area contributed by atoms with E-state index in [1.54, 1.807) is 6.92 Å². The van der Waals surface area contributed by atoms with Gasteiger partial charge in [0.2, 0.25) is 5.91 Å². The van der Waals surface area contributed by atoms with Gasteiger partial charge < -0.3 is 14.2 Å². The van der Waals surface area contributed by atoms with Crippen molar-refractivity contribution in [1.29, 1.82) is 0 Å². The molecule has 1 amide bonds. The summed E-state index contributed by atoms with van der Waals surface area (Å²) >= 11 is 0. The number of amides is 1. The van der Waals surface area contributed by atoms with Crippen LogP contribution in [-0.4, -0.2) is 39.5 Å². The molecule has 0 aromatic carbocycles. The van der Waals surface area contributed by atoms with Crippen LogP contribution >= 0.6 is 0 Å². The van der Waals surface area contributed by atoms with Crippen LogP contribution in [-0.2, 0) is 20.9 Å². The minimum absolute atomic E-state index is 0.0322. The first-order valence-corrected chi connectivity index (χ1v) is 10.3. The van der Waals surface area contributed by atoms with E-state index in [0.717, 1.165) is 25.7 Å². The van der Waals surface area contributed by atoms with E-state index in [1.807, 2.05) is 4.90 Å². The summed E-state index contributed by atoms with van der Waals surface area (Å²) in [7, 11) is 0. The van der Waals surface area contributed by atoms with Crippen molar-refractivity contribution in [3.63, 3.8) is 0 Å². The highest BCUT2D eigenvalue weighted by atomic mass is 16.6. The van der Waals surface area contributed by atoms with Crippen LogP contribution in [0, 0.1) is 30.1 Å². The first-order valence-electron chi connectivity index (χ1n) is 10.3. The van der Waals surface area contributed by atoms with Gasteiger partial charge in [-0.25, -0.2) is 4.79 Å². The van der Waals surface area contributed by atoms with Crippen LogP contribution in [0.15, 0.2) is 4.52 Å². The minimum Gasteiger partial charge on any atom is -0.454 e. The molecule has 1 saturated heterocycles. The molecule has 146 valence electrons. The van der Waals surface area contributed by atoms with Gasteiger partial charge in [0, 0.05) is 6.54 Å². The van der Waals surface area contributed by atoms with Gasteiger partial charge in [0.15, 0.2) is 12.4 Å². The first-order chi connectivity index (χ1) is 13.0. The second-order valence-electron chi connectivity index (χ2n) is 9.20. The zero-order valence-corrected chi connectivity index (χ0v) is 15.9. The maximum atomic E-state index is 13.6. The lowest BCUT2D eigenvalue weighted by atomic mass is 9.49. The van der Waals surface area contributed by atoms with E-state index in [1.165, 1.54) is 19.3 Å². The second-order valence-corrected chi connectivity index (χ2v) is 9.20. The van der Waals surface area contributed by atoms with E-state index in [4.69, 9.17) is 9.26 Å². The number of hydrogen-bond donors (Lipinski definition) is 0. The lowest BCUT2D eigenvalue weighted by Gasteiger charge is -2.56. The van der Waals surface area contributed by atoms with Crippen LogP contribution in [0.5, 0.6) is 0 Å². The summed E-state index contributed by atoms with van der Waals surface area (Å²) in [6.07, 6.45) is 8.54. The van der Waals surface area contributed by atoms with Crippen molar-refractivity contribution in [2.45, 2.75) is 70.9 Å². The summed E-state index contributed by atoms with van der Waals surface area (Å²) < 4.78 is 10.4. The van der Waals surface area contributed by atoms with Crippen LogP contribution in [0.1, 0.15) is 63.1 Å². The monoisotopic (exact) mass is 373 g/mol. The van der Waals surface area contributed by atoms with Crippen molar-refractivity contribution in [3.05, 3.63) is 11.7 Å². The number of nitrogens with zero attached hydrogens (tertiary/aromatic N) is 3. The number of hydrogen-bond acceptors (Lipinski definition) is 6. The first kappa shape index (κ1) is 17.2. The van der Waals surface area contributed by atoms with Gasteiger partial charge in [0.1, 0.15) is 6.04 Å². The van der Waals surface area contributed by atoms with Crippen LogP contribution in [0.25, 0.3) is 0 Å². The molecule has 6 rings (SSSR count). The van der Waals surface area contributed by atoms with Gasteiger partial charge >= 0.3 is 5.97 Å². The summed E-state index contributed by atoms with van der Waals surface area (Å²) in [5, 5.41) is 3.70. The van der Waals surface area contributed by atoms with E-state index in [2.05, 4.69) is 10.1 Å². The van der Waals surface area contributed by atoms with Crippen molar-refractivity contribution in [1.82, 2.24) is 15.0 Å². The Hall–Kier alpha value is -1.92. The van der Waals surface area contributed by atoms with Crippen LogP contribution < -0.4 is 0 Å². The third kappa shape index (κ3) is 2.95. The van der Waals surface area contributed by atoms with E-state index in [9.17, 15) is 9.59 Å². The third-order valence-corrected chi connectivity index (χ3v) is 7.19. The lowest BCUT2D eigenvalue weighted by molar-refractivity contribution is -0.166. The molecule has 0 spiro atoms. The molecule has 4 aliphatic carbocycles. The quantitative estimate of drug-likeness (QED) is 0.754. The van der Waals surface area contributed by atoms with Gasteiger partial charge in [-0.2, -0.15) is 4.98 Å². The SMILES string of the molecule is Cc1noc(COC(=O)C2CCCN2C(=O)C23CC4CC(CC(C4)C2)C3)n1. The Balaban J connectivity index is 1.28. The molecule has 27 heavy (non-hydrogen) atoms. The minimum atomic E-state index is -0.463. The Bertz CT molecular complexity index is 723. The van der Waals surface area contributed by atoms with Crippen molar-refractivity contribution >= 4 is 11.9 Å². The molecular formula is C20H27N3O4. The number of esters is 1. The number of carbonyl (C=O) groups excluding carboxylic acids is 2. The standard InChI is InChI=1S/C20H27N3O4/c1-12-21-17(27-22-12)11-26-18(24)16-3-2-4-23(16)19(25)20-8-13-5-14(9-20)7-15(6-13)10-20/h13-16H,2-11H2,1H3. The molecule has 1 aromatic heterocycles. The predicted molar refractivity (Wildman–Crippen MR) is 94.2 cm³/mol. The van der Waals surface area contributed by atoms with Crippen LogP contribution in [0.2, 0.25) is 0 Å². The van der Waals surface area contributed by atoms with Crippen LogP contribution in [0.3, 0.4) is 0 Å². The molecule has 7 nitrogen and oxygen atoms in total. The fourth-order valence-corrected chi connectivity index (χ4v) is 6.56. The Labute approximate surface area is 158 Å². The van der Waals surface area contributed by atoms with E-state index < -0.39 is 6.04 Å². The largest absolute Gasteiger partial charge is 0.454 e. The molecule has 4 bridgehead atoms. The molecule has 7 heteroatoms. The maximum absolute atomic E-state index is 13.6. The molecule has 0 N–H and O–H groups in total. The highest BCUT2D eigenvalue weighted by molar-refractivity contribution is 5.89. The molecule has 1 atom stereocenters. The average molecular weight is 373 g/mol. The molecule has 1 aromatic rings. The number of aryl methyl sites for hydroxylation is 1. The Morgan fingerprint density at radius 1 is 1.19 bits per heavy atom. The predicted octanol–water partition coefficient (Wildman–Crippen LogP) is 2.63. The summed E-state index contributed by atoms with van der Waals surface area (Å²) in [6, 6.07) is -0.463. The van der Waals surface area contributed by atoms with Gasteiger partial charge in [-0.05, 0) is 76.0 Å². The second kappa shape index (κ2) is 6.31. The van der Waals surface area contributed by atoms with Crippen molar-refractivity contribution in [3.8, 4) is 0 Å². The molecule has 2 heterocycles. The molecule has 1 unspecified atom stereocenters. The lowest BCUT2D eigenvalue weighted by Crippen LogP contribution is -2.56.